The van der Waals surface area contributed by atoms with Gasteiger partial charge in [-0.05, 0) is 19.8 Å². The summed E-state index contributed by atoms with van der Waals surface area (Å²) in [5.74, 6) is 0. The predicted octanol–water partition coefficient (Wildman–Crippen LogP) is 4.32. The fourth-order valence-electron chi connectivity index (χ4n) is 2.63. The molecule has 0 aromatic carbocycles. The van der Waals surface area contributed by atoms with E-state index in [-0.39, 0.29) is 6.42 Å². The summed E-state index contributed by atoms with van der Waals surface area (Å²) in [4.78, 5) is 0. The van der Waals surface area contributed by atoms with Crippen LogP contribution < -0.4 is 0 Å². The van der Waals surface area contributed by atoms with Crippen LogP contribution in [0.3, 0.4) is 0 Å². The second-order valence-electron chi connectivity index (χ2n) is 6.19. The summed E-state index contributed by atoms with van der Waals surface area (Å²) in [7, 11) is -4.03. The lowest BCUT2D eigenvalue weighted by Gasteiger charge is -2.15. The third-order valence-electron chi connectivity index (χ3n) is 3.90. The van der Waals surface area contributed by atoms with E-state index in [1.165, 1.54) is 44.9 Å². The van der Waals surface area contributed by atoms with E-state index in [2.05, 4.69) is 6.92 Å². The van der Waals surface area contributed by atoms with Gasteiger partial charge in [0.15, 0.2) is 0 Å². The molecular weight excluding hydrogens is 288 g/mol. The Bertz CT molecular complexity index is 325. The molecule has 0 heterocycles. The van der Waals surface area contributed by atoms with Crippen molar-refractivity contribution in [3.8, 4) is 0 Å². The van der Waals surface area contributed by atoms with Gasteiger partial charge in [-0.15, -0.1) is 0 Å². The minimum atomic E-state index is -4.03. The van der Waals surface area contributed by atoms with Crippen LogP contribution in [0.2, 0.25) is 0 Å². The SMILES string of the molecule is CCCCCCCCCCCCC(CC(C)O)S(=O)(=O)O. The molecular formula is C16H34O4S. The first-order chi connectivity index (χ1) is 9.88. The molecule has 0 rings (SSSR count). The Hall–Kier alpha value is -0.130. The predicted molar refractivity (Wildman–Crippen MR) is 88.1 cm³/mol. The Labute approximate surface area is 131 Å². The monoisotopic (exact) mass is 322 g/mol. The third kappa shape index (κ3) is 13.3. The average Bonchev–Trinajstić information content (AvgIpc) is 2.38. The highest BCUT2D eigenvalue weighted by atomic mass is 32.2. The molecule has 21 heavy (non-hydrogen) atoms. The maximum atomic E-state index is 11.2. The molecule has 0 bridgehead atoms. The summed E-state index contributed by atoms with van der Waals surface area (Å²) in [6.07, 6.45) is 11.8. The van der Waals surface area contributed by atoms with Gasteiger partial charge in [0.1, 0.15) is 0 Å². The van der Waals surface area contributed by atoms with Crippen LogP contribution in [0.5, 0.6) is 0 Å². The summed E-state index contributed by atoms with van der Waals surface area (Å²) in [6.45, 7) is 3.77. The van der Waals surface area contributed by atoms with Crippen molar-refractivity contribution in [1.82, 2.24) is 0 Å². The van der Waals surface area contributed by atoms with Crippen LogP contribution in [-0.2, 0) is 10.1 Å². The van der Waals surface area contributed by atoms with E-state index in [1.54, 1.807) is 6.92 Å². The van der Waals surface area contributed by atoms with Crippen LogP contribution in [0.25, 0.3) is 0 Å². The van der Waals surface area contributed by atoms with E-state index < -0.39 is 21.5 Å². The van der Waals surface area contributed by atoms with Crippen molar-refractivity contribution < 1.29 is 18.1 Å². The Balaban J connectivity index is 3.59. The van der Waals surface area contributed by atoms with Crippen molar-refractivity contribution in [2.45, 2.75) is 102 Å². The summed E-state index contributed by atoms with van der Waals surface area (Å²) in [6, 6.07) is 0. The summed E-state index contributed by atoms with van der Waals surface area (Å²) < 4.78 is 31.5. The van der Waals surface area contributed by atoms with Gasteiger partial charge in [0.2, 0.25) is 0 Å². The molecule has 0 amide bonds. The van der Waals surface area contributed by atoms with Gasteiger partial charge in [0, 0.05) is 0 Å². The number of hydrogen-bond acceptors (Lipinski definition) is 3. The third-order valence-corrected chi connectivity index (χ3v) is 5.18. The lowest BCUT2D eigenvalue weighted by atomic mass is 10.0. The lowest BCUT2D eigenvalue weighted by Crippen LogP contribution is -2.24. The smallest absolute Gasteiger partial charge is 0.267 e. The molecule has 0 spiro atoms. The number of rotatable bonds is 14. The van der Waals surface area contributed by atoms with Crippen LogP contribution in [0.15, 0.2) is 0 Å². The normalized spacial score (nSPS) is 15.0. The van der Waals surface area contributed by atoms with Crippen LogP contribution >= 0.6 is 0 Å². The maximum absolute atomic E-state index is 11.2. The van der Waals surface area contributed by atoms with E-state index in [0.29, 0.717) is 6.42 Å². The molecule has 5 heteroatoms. The zero-order chi connectivity index (χ0) is 16.1. The summed E-state index contributed by atoms with van der Waals surface area (Å²) >= 11 is 0. The minimum Gasteiger partial charge on any atom is -0.393 e. The maximum Gasteiger partial charge on any atom is 0.267 e. The molecule has 128 valence electrons. The average molecular weight is 323 g/mol. The molecule has 2 atom stereocenters. The highest BCUT2D eigenvalue weighted by Gasteiger charge is 2.23. The topological polar surface area (TPSA) is 74.6 Å². The van der Waals surface area contributed by atoms with Gasteiger partial charge in [-0.1, -0.05) is 71.1 Å². The molecule has 0 aliphatic rings. The fraction of sp³-hybridized carbons (Fsp3) is 1.00. The number of aliphatic hydroxyl groups is 1. The number of unbranched alkanes of at least 4 members (excludes halogenated alkanes) is 9. The molecule has 0 saturated carbocycles. The number of hydrogen-bond donors (Lipinski definition) is 2. The minimum absolute atomic E-state index is 0.121. The van der Waals surface area contributed by atoms with Gasteiger partial charge < -0.3 is 5.11 Å². The van der Waals surface area contributed by atoms with E-state index in [0.717, 1.165) is 19.3 Å². The zero-order valence-electron chi connectivity index (χ0n) is 13.8. The molecule has 0 saturated heterocycles. The van der Waals surface area contributed by atoms with Gasteiger partial charge in [-0.3, -0.25) is 4.55 Å². The molecule has 0 aliphatic heterocycles. The quantitative estimate of drug-likeness (QED) is 0.369. The molecule has 0 radical (unpaired) electrons. The van der Waals surface area contributed by atoms with Crippen LogP contribution in [0.1, 0.15) is 90.9 Å². The first-order valence-electron chi connectivity index (χ1n) is 8.52. The van der Waals surface area contributed by atoms with E-state index in [1.807, 2.05) is 0 Å². The Morgan fingerprint density at radius 1 is 0.857 bits per heavy atom. The van der Waals surface area contributed by atoms with Crippen molar-refractivity contribution in [3.05, 3.63) is 0 Å². The Kier molecular flexibility index (Phi) is 12.3. The molecule has 0 aromatic heterocycles. The lowest BCUT2D eigenvalue weighted by molar-refractivity contribution is 0.179. The fourth-order valence-corrected chi connectivity index (χ4v) is 3.61. The largest absolute Gasteiger partial charge is 0.393 e. The van der Waals surface area contributed by atoms with Crippen molar-refractivity contribution >= 4 is 10.1 Å². The highest BCUT2D eigenvalue weighted by molar-refractivity contribution is 7.86. The van der Waals surface area contributed by atoms with Gasteiger partial charge in [0.25, 0.3) is 10.1 Å². The standard InChI is InChI=1S/C16H34O4S/c1-3-4-5-6-7-8-9-10-11-12-13-16(14-15(2)17)21(18,19)20/h15-17H,3-14H2,1-2H3,(H,18,19,20). The van der Waals surface area contributed by atoms with E-state index >= 15 is 0 Å². The first kappa shape index (κ1) is 20.9. The number of aliphatic hydroxyl groups excluding tert-OH is 1. The molecule has 0 aromatic rings. The van der Waals surface area contributed by atoms with Crippen molar-refractivity contribution in [2.24, 2.45) is 0 Å². The molecule has 0 fully saturated rings. The van der Waals surface area contributed by atoms with Crippen LogP contribution in [-0.4, -0.2) is 29.4 Å². The Morgan fingerprint density at radius 3 is 1.67 bits per heavy atom. The van der Waals surface area contributed by atoms with Crippen molar-refractivity contribution in [3.63, 3.8) is 0 Å². The zero-order valence-corrected chi connectivity index (χ0v) is 14.6. The van der Waals surface area contributed by atoms with Crippen molar-refractivity contribution in [2.75, 3.05) is 0 Å². The summed E-state index contributed by atoms with van der Waals surface area (Å²) in [5, 5.41) is 8.46. The van der Waals surface area contributed by atoms with Gasteiger partial charge in [-0.2, -0.15) is 8.42 Å². The summed E-state index contributed by atoms with van der Waals surface area (Å²) in [5.41, 5.74) is 0. The second-order valence-corrected chi connectivity index (χ2v) is 7.89. The van der Waals surface area contributed by atoms with Gasteiger partial charge in [-0.25, -0.2) is 0 Å². The molecule has 2 unspecified atom stereocenters. The van der Waals surface area contributed by atoms with Crippen LogP contribution in [0, 0.1) is 0 Å². The molecule has 4 nitrogen and oxygen atoms in total. The Morgan fingerprint density at radius 2 is 1.29 bits per heavy atom. The van der Waals surface area contributed by atoms with Crippen molar-refractivity contribution in [1.29, 1.82) is 0 Å². The second kappa shape index (κ2) is 12.4. The first-order valence-corrected chi connectivity index (χ1v) is 10.0. The molecule has 2 N–H and O–H groups in total. The van der Waals surface area contributed by atoms with E-state index in [9.17, 15) is 13.5 Å². The van der Waals surface area contributed by atoms with Gasteiger partial charge >= 0.3 is 0 Å². The highest BCUT2D eigenvalue weighted by Crippen LogP contribution is 2.17. The van der Waals surface area contributed by atoms with Gasteiger partial charge in [0.05, 0.1) is 11.4 Å². The molecule has 0 aliphatic carbocycles. The van der Waals surface area contributed by atoms with E-state index in [4.69, 9.17) is 4.55 Å². The van der Waals surface area contributed by atoms with Crippen LogP contribution in [0.4, 0.5) is 0 Å².